The van der Waals surface area contributed by atoms with Gasteiger partial charge in [-0.15, -0.1) is 0 Å². The maximum absolute atomic E-state index is 5.73. The number of fused-ring (bicyclic) bond motifs is 12. The van der Waals surface area contributed by atoms with Crippen LogP contribution in [0.5, 0.6) is 0 Å². The Morgan fingerprint density at radius 3 is 1.98 bits per heavy atom. The van der Waals surface area contributed by atoms with Crippen molar-refractivity contribution in [1.82, 2.24) is 19.1 Å². The molecule has 5 heteroatoms. The molecule has 9 aromatic carbocycles. The average molecular weight is 804 g/mol. The first kappa shape index (κ1) is 34.4. The monoisotopic (exact) mass is 803 g/mol. The SMILES string of the molecule is C1=c2ccccc2=C(n2c3ccccc3c3cc4ccccc4cc32)C2c3ccccc3N(c3nc(-c4cccc5c4c4ccccc4n5-c4ccccc4)nc4ccccc34)C12. The number of anilines is 2. The summed E-state index contributed by atoms with van der Waals surface area (Å²) in [5, 5.41) is 10.8. The number of para-hydroxylation sites is 5. The van der Waals surface area contributed by atoms with Crippen LogP contribution < -0.4 is 15.3 Å². The summed E-state index contributed by atoms with van der Waals surface area (Å²) in [4.78, 5) is 13.6. The van der Waals surface area contributed by atoms with Gasteiger partial charge in [-0.2, -0.15) is 0 Å². The molecule has 0 saturated carbocycles. The highest BCUT2D eigenvalue weighted by Crippen LogP contribution is 2.52. The summed E-state index contributed by atoms with van der Waals surface area (Å²) in [7, 11) is 0. The molecule has 0 N–H and O–H groups in total. The summed E-state index contributed by atoms with van der Waals surface area (Å²) >= 11 is 0. The van der Waals surface area contributed by atoms with E-state index >= 15 is 0 Å². The highest BCUT2D eigenvalue weighted by atomic mass is 15.3. The highest BCUT2D eigenvalue weighted by molar-refractivity contribution is 6.16. The molecule has 2 unspecified atom stereocenters. The molecule has 2 aliphatic rings. The van der Waals surface area contributed by atoms with Crippen molar-refractivity contribution in [2.24, 2.45) is 0 Å². The topological polar surface area (TPSA) is 38.9 Å². The lowest BCUT2D eigenvalue weighted by Crippen LogP contribution is -2.42. The van der Waals surface area contributed by atoms with Gasteiger partial charge in [-0.3, -0.25) is 0 Å². The molecule has 294 valence electrons. The first-order valence-electron chi connectivity index (χ1n) is 21.7. The zero-order chi connectivity index (χ0) is 41.2. The number of hydrogen-bond donors (Lipinski definition) is 0. The minimum absolute atomic E-state index is 0.00830. The molecule has 0 saturated heterocycles. The van der Waals surface area contributed by atoms with Crippen LogP contribution in [0.3, 0.4) is 0 Å². The zero-order valence-corrected chi connectivity index (χ0v) is 34.1. The molecule has 0 bridgehead atoms. The van der Waals surface area contributed by atoms with E-state index in [9.17, 15) is 0 Å². The molecule has 63 heavy (non-hydrogen) atoms. The summed E-state index contributed by atoms with van der Waals surface area (Å²) in [6, 6.07) is 74.7. The molecule has 0 spiro atoms. The summed E-state index contributed by atoms with van der Waals surface area (Å²) in [5.41, 5.74) is 11.5. The van der Waals surface area contributed by atoms with Gasteiger partial charge in [0.05, 0.1) is 39.5 Å². The summed E-state index contributed by atoms with van der Waals surface area (Å²) < 4.78 is 4.94. The molecule has 1 aliphatic heterocycles. The molecule has 12 aromatic rings. The second-order valence-corrected chi connectivity index (χ2v) is 16.9. The quantitative estimate of drug-likeness (QED) is 0.178. The third kappa shape index (κ3) is 4.87. The summed E-state index contributed by atoms with van der Waals surface area (Å²) in [6.45, 7) is 0. The fourth-order valence-electron chi connectivity index (χ4n) is 11.0. The molecule has 0 amide bonds. The Hall–Kier alpha value is -8.28. The van der Waals surface area contributed by atoms with Crippen LogP contribution in [0, 0.1) is 0 Å². The van der Waals surface area contributed by atoms with Gasteiger partial charge in [-0.05, 0) is 82.2 Å². The maximum atomic E-state index is 5.73. The number of hydrogen-bond acceptors (Lipinski definition) is 3. The van der Waals surface area contributed by atoms with E-state index in [1.165, 1.54) is 59.7 Å². The Morgan fingerprint density at radius 2 is 1.11 bits per heavy atom. The van der Waals surface area contributed by atoms with Crippen LogP contribution in [0.15, 0.2) is 206 Å². The Kier molecular flexibility index (Phi) is 7.17. The molecule has 5 nitrogen and oxygen atoms in total. The van der Waals surface area contributed by atoms with E-state index in [0.717, 1.165) is 50.1 Å². The van der Waals surface area contributed by atoms with Crippen molar-refractivity contribution >= 4 is 88.6 Å². The zero-order valence-electron chi connectivity index (χ0n) is 34.1. The van der Waals surface area contributed by atoms with Gasteiger partial charge in [0.25, 0.3) is 0 Å². The third-order valence-electron chi connectivity index (χ3n) is 13.6. The number of rotatable bonds is 4. The predicted octanol–water partition coefficient (Wildman–Crippen LogP) is 12.4. The Balaban J connectivity index is 1.04. The summed E-state index contributed by atoms with van der Waals surface area (Å²) in [6.07, 6.45) is 2.48. The van der Waals surface area contributed by atoms with Crippen molar-refractivity contribution in [3.8, 4) is 17.1 Å². The van der Waals surface area contributed by atoms with E-state index < -0.39 is 0 Å². The number of aromatic nitrogens is 4. The van der Waals surface area contributed by atoms with Crippen molar-refractivity contribution in [1.29, 1.82) is 0 Å². The fraction of sp³-hybridized carbons (Fsp3) is 0.0345. The van der Waals surface area contributed by atoms with Crippen LogP contribution in [0.1, 0.15) is 11.5 Å². The van der Waals surface area contributed by atoms with Crippen LogP contribution in [-0.2, 0) is 0 Å². The van der Waals surface area contributed by atoms with Crippen LogP contribution in [0.25, 0.3) is 94.1 Å². The van der Waals surface area contributed by atoms with Gasteiger partial charge in [0, 0.05) is 54.8 Å². The minimum Gasteiger partial charge on any atom is -0.317 e. The van der Waals surface area contributed by atoms with Crippen LogP contribution in [-0.4, -0.2) is 25.1 Å². The molecule has 0 radical (unpaired) electrons. The predicted molar refractivity (Wildman–Crippen MR) is 260 cm³/mol. The van der Waals surface area contributed by atoms with E-state index in [1.807, 2.05) is 0 Å². The first-order valence-corrected chi connectivity index (χ1v) is 21.7. The van der Waals surface area contributed by atoms with E-state index in [2.05, 4.69) is 226 Å². The largest absolute Gasteiger partial charge is 0.317 e. The second kappa shape index (κ2) is 13.1. The van der Waals surface area contributed by atoms with Gasteiger partial charge < -0.3 is 14.0 Å². The lowest BCUT2D eigenvalue weighted by atomic mass is 9.85. The Labute approximate surface area is 362 Å². The highest BCUT2D eigenvalue weighted by Gasteiger charge is 2.44. The second-order valence-electron chi connectivity index (χ2n) is 16.9. The van der Waals surface area contributed by atoms with Crippen molar-refractivity contribution in [3.63, 3.8) is 0 Å². The van der Waals surface area contributed by atoms with E-state index in [4.69, 9.17) is 9.97 Å². The van der Waals surface area contributed by atoms with Gasteiger partial charge in [0.1, 0.15) is 5.82 Å². The first-order chi connectivity index (χ1) is 31.3. The minimum atomic E-state index is -0.0779. The lowest BCUT2D eigenvalue weighted by Gasteiger charge is -2.32. The van der Waals surface area contributed by atoms with Gasteiger partial charge >= 0.3 is 0 Å². The van der Waals surface area contributed by atoms with Gasteiger partial charge in [0.15, 0.2) is 5.82 Å². The molecule has 4 heterocycles. The molecule has 3 aromatic heterocycles. The maximum Gasteiger partial charge on any atom is 0.162 e. The van der Waals surface area contributed by atoms with Gasteiger partial charge in [0.2, 0.25) is 0 Å². The van der Waals surface area contributed by atoms with Gasteiger partial charge in [-0.25, -0.2) is 9.97 Å². The van der Waals surface area contributed by atoms with E-state index in [1.54, 1.807) is 0 Å². The Morgan fingerprint density at radius 1 is 0.444 bits per heavy atom. The van der Waals surface area contributed by atoms with E-state index in [-0.39, 0.29) is 12.0 Å². The smallest absolute Gasteiger partial charge is 0.162 e. The normalized spacial score (nSPS) is 15.7. The van der Waals surface area contributed by atoms with Crippen molar-refractivity contribution in [2.45, 2.75) is 12.0 Å². The van der Waals surface area contributed by atoms with Gasteiger partial charge in [-0.1, -0.05) is 152 Å². The van der Waals surface area contributed by atoms with Crippen LogP contribution in [0.4, 0.5) is 11.5 Å². The molecule has 0 fully saturated rings. The van der Waals surface area contributed by atoms with Crippen molar-refractivity contribution < 1.29 is 0 Å². The number of benzene rings is 9. The average Bonchev–Trinajstić information content (AvgIpc) is 3.98. The fourth-order valence-corrected chi connectivity index (χ4v) is 11.0. The molecule has 14 rings (SSSR count). The van der Waals surface area contributed by atoms with Crippen LogP contribution >= 0.6 is 0 Å². The summed E-state index contributed by atoms with van der Waals surface area (Å²) in [5.74, 6) is 1.61. The standard InChI is InChI=1S/C58H37N5/c1-2-20-39(21-3-1)61-49-30-14-10-25-43(49)54-45(27-16-32-51(54)61)57-59-47-28-12-8-24-42(47)58(60-57)63-50-31-15-11-26-44(50)55-53(63)35-38-19-6-7-22-40(38)56(55)62-48-29-13-9-23-41(48)46-33-36-17-4-5-18-37(36)34-52(46)62/h1-35,53,55H. The molecule has 2 atom stereocenters. The molecule has 1 aliphatic carbocycles. The lowest BCUT2D eigenvalue weighted by molar-refractivity contribution is 0.753. The molecular formula is C58H37N5. The molecular weight excluding hydrogens is 767 g/mol. The van der Waals surface area contributed by atoms with E-state index in [0.29, 0.717) is 5.82 Å². The van der Waals surface area contributed by atoms with Crippen LogP contribution in [0.2, 0.25) is 0 Å². The van der Waals surface area contributed by atoms with Crippen molar-refractivity contribution in [3.05, 3.63) is 222 Å². The Bertz CT molecular complexity index is 4010. The number of nitrogens with zero attached hydrogens (tertiary/aromatic N) is 5. The van der Waals surface area contributed by atoms with Crippen molar-refractivity contribution in [2.75, 3.05) is 4.90 Å². The third-order valence-corrected chi connectivity index (χ3v) is 13.6.